The summed E-state index contributed by atoms with van der Waals surface area (Å²) >= 11 is 1.94. The SMILES string of the molecule is Fc1ccc(F)c(Oc2ncncc2I)c1. The lowest BCUT2D eigenvalue weighted by molar-refractivity contribution is 0.418. The highest BCUT2D eigenvalue weighted by atomic mass is 127. The third-order valence-electron chi connectivity index (χ3n) is 1.73. The van der Waals surface area contributed by atoms with Crippen LogP contribution in [0.4, 0.5) is 8.78 Å². The van der Waals surface area contributed by atoms with E-state index in [0.717, 1.165) is 18.2 Å². The van der Waals surface area contributed by atoms with E-state index in [1.807, 2.05) is 22.6 Å². The van der Waals surface area contributed by atoms with Gasteiger partial charge in [-0.25, -0.2) is 18.7 Å². The predicted molar refractivity (Wildman–Crippen MR) is 61.2 cm³/mol. The van der Waals surface area contributed by atoms with Crippen LogP contribution in [0, 0.1) is 15.2 Å². The molecule has 2 aromatic rings. The Hall–Kier alpha value is -1.31. The third kappa shape index (κ3) is 2.43. The molecule has 2 rings (SSSR count). The number of halogens is 3. The first kappa shape index (κ1) is 11.2. The lowest BCUT2D eigenvalue weighted by Crippen LogP contribution is -1.94. The number of ether oxygens (including phenoxy) is 1. The average Bonchev–Trinajstić information content (AvgIpc) is 2.27. The summed E-state index contributed by atoms with van der Waals surface area (Å²) in [5, 5.41) is 0. The van der Waals surface area contributed by atoms with Gasteiger partial charge < -0.3 is 4.74 Å². The van der Waals surface area contributed by atoms with Crippen molar-refractivity contribution in [2.24, 2.45) is 0 Å². The Balaban J connectivity index is 2.34. The standard InChI is InChI=1S/C10H5F2IN2O/c11-6-1-2-7(12)9(3-6)16-10-8(13)4-14-5-15-10/h1-5H. The Bertz CT molecular complexity index is 522. The van der Waals surface area contributed by atoms with E-state index in [1.165, 1.54) is 12.5 Å². The molecule has 0 spiro atoms. The van der Waals surface area contributed by atoms with Gasteiger partial charge in [0, 0.05) is 12.3 Å². The molecule has 0 atom stereocenters. The van der Waals surface area contributed by atoms with Crippen molar-refractivity contribution in [3.05, 3.63) is 45.9 Å². The van der Waals surface area contributed by atoms with E-state index >= 15 is 0 Å². The Kier molecular flexibility index (Phi) is 3.28. The lowest BCUT2D eigenvalue weighted by Gasteiger charge is -2.06. The van der Waals surface area contributed by atoms with Crippen LogP contribution in [-0.4, -0.2) is 9.97 Å². The van der Waals surface area contributed by atoms with Gasteiger partial charge >= 0.3 is 0 Å². The first-order valence-electron chi connectivity index (χ1n) is 4.25. The molecule has 0 bridgehead atoms. The highest BCUT2D eigenvalue weighted by molar-refractivity contribution is 14.1. The molecular weight excluding hydrogens is 329 g/mol. The fourth-order valence-corrected chi connectivity index (χ4v) is 1.45. The fraction of sp³-hybridized carbons (Fsp3) is 0. The van der Waals surface area contributed by atoms with Gasteiger partial charge in [-0.05, 0) is 34.7 Å². The second kappa shape index (κ2) is 4.69. The normalized spacial score (nSPS) is 10.2. The maximum Gasteiger partial charge on any atom is 0.235 e. The molecule has 0 amide bonds. The van der Waals surface area contributed by atoms with Gasteiger partial charge in [-0.1, -0.05) is 0 Å². The van der Waals surface area contributed by atoms with E-state index in [1.54, 1.807) is 0 Å². The Morgan fingerprint density at radius 2 is 2.06 bits per heavy atom. The summed E-state index contributed by atoms with van der Waals surface area (Å²) in [6.45, 7) is 0. The van der Waals surface area contributed by atoms with E-state index in [-0.39, 0.29) is 11.6 Å². The smallest absolute Gasteiger partial charge is 0.235 e. The zero-order valence-electron chi connectivity index (χ0n) is 7.82. The van der Waals surface area contributed by atoms with Crippen molar-refractivity contribution in [3.8, 4) is 11.6 Å². The lowest BCUT2D eigenvalue weighted by atomic mass is 10.3. The maximum atomic E-state index is 13.2. The summed E-state index contributed by atoms with van der Waals surface area (Å²) in [7, 11) is 0. The highest BCUT2D eigenvalue weighted by Crippen LogP contribution is 2.26. The molecule has 0 fully saturated rings. The molecule has 6 heteroatoms. The van der Waals surface area contributed by atoms with Gasteiger partial charge in [0.05, 0.1) is 3.57 Å². The van der Waals surface area contributed by atoms with Crippen LogP contribution >= 0.6 is 22.6 Å². The van der Waals surface area contributed by atoms with Crippen LogP contribution in [0.3, 0.4) is 0 Å². The molecule has 0 N–H and O–H groups in total. The van der Waals surface area contributed by atoms with Crippen molar-refractivity contribution in [2.45, 2.75) is 0 Å². The molecule has 0 saturated carbocycles. The molecular formula is C10H5F2IN2O. The average molecular weight is 334 g/mol. The number of hydrogen-bond donors (Lipinski definition) is 0. The number of rotatable bonds is 2. The van der Waals surface area contributed by atoms with Crippen LogP contribution in [0.2, 0.25) is 0 Å². The molecule has 16 heavy (non-hydrogen) atoms. The summed E-state index contributed by atoms with van der Waals surface area (Å²) in [6.07, 6.45) is 2.79. The second-order valence-corrected chi connectivity index (χ2v) is 4.01. The first-order chi connectivity index (χ1) is 7.66. The predicted octanol–water partition coefficient (Wildman–Crippen LogP) is 3.15. The van der Waals surface area contributed by atoms with Gasteiger partial charge in [-0.2, -0.15) is 0 Å². The molecule has 0 aliphatic rings. The molecule has 0 aliphatic carbocycles. The molecule has 1 aromatic heterocycles. The van der Waals surface area contributed by atoms with Gasteiger partial charge in [0.1, 0.15) is 12.1 Å². The summed E-state index contributed by atoms with van der Waals surface area (Å²) in [4.78, 5) is 7.57. The fourth-order valence-electron chi connectivity index (χ4n) is 1.04. The van der Waals surface area contributed by atoms with Gasteiger partial charge in [0.25, 0.3) is 0 Å². The van der Waals surface area contributed by atoms with E-state index < -0.39 is 11.6 Å². The molecule has 3 nitrogen and oxygen atoms in total. The van der Waals surface area contributed by atoms with Crippen molar-refractivity contribution in [3.63, 3.8) is 0 Å². The van der Waals surface area contributed by atoms with E-state index in [2.05, 4.69) is 9.97 Å². The monoisotopic (exact) mass is 334 g/mol. The minimum Gasteiger partial charge on any atom is -0.435 e. The molecule has 1 aromatic carbocycles. The molecule has 0 unspecified atom stereocenters. The Morgan fingerprint density at radius 1 is 1.25 bits per heavy atom. The quantitative estimate of drug-likeness (QED) is 0.792. The first-order valence-corrected chi connectivity index (χ1v) is 5.33. The van der Waals surface area contributed by atoms with Crippen molar-refractivity contribution >= 4 is 22.6 Å². The van der Waals surface area contributed by atoms with Crippen LogP contribution in [0.15, 0.2) is 30.7 Å². The molecule has 1 heterocycles. The Labute approximate surface area is 104 Å². The largest absolute Gasteiger partial charge is 0.435 e. The van der Waals surface area contributed by atoms with Crippen LogP contribution in [-0.2, 0) is 0 Å². The van der Waals surface area contributed by atoms with Crippen LogP contribution < -0.4 is 4.74 Å². The molecule has 0 saturated heterocycles. The van der Waals surface area contributed by atoms with Crippen LogP contribution in [0.1, 0.15) is 0 Å². The van der Waals surface area contributed by atoms with Crippen molar-refractivity contribution < 1.29 is 13.5 Å². The van der Waals surface area contributed by atoms with Crippen molar-refractivity contribution in [2.75, 3.05) is 0 Å². The van der Waals surface area contributed by atoms with Crippen molar-refractivity contribution in [1.29, 1.82) is 0 Å². The van der Waals surface area contributed by atoms with Crippen LogP contribution in [0.25, 0.3) is 0 Å². The van der Waals surface area contributed by atoms with E-state index in [4.69, 9.17) is 4.74 Å². The zero-order valence-corrected chi connectivity index (χ0v) is 9.98. The highest BCUT2D eigenvalue weighted by Gasteiger charge is 2.09. The van der Waals surface area contributed by atoms with E-state index in [9.17, 15) is 8.78 Å². The molecule has 0 aliphatic heterocycles. The Morgan fingerprint density at radius 3 is 2.81 bits per heavy atom. The van der Waals surface area contributed by atoms with Gasteiger partial charge in [0.2, 0.25) is 5.88 Å². The third-order valence-corrected chi connectivity index (χ3v) is 2.47. The van der Waals surface area contributed by atoms with Crippen molar-refractivity contribution in [1.82, 2.24) is 9.97 Å². The summed E-state index contributed by atoms with van der Waals surface area (Å²) in [5.41, 5.74) is 0. The number of benzene rings is 1. The maximum absolute atomic E-state index is 13.2. The van der Waals surface area contributed by atoms with Crippen LogP contribution in [0.5, 0.6) is 11.6 Å². The molecule has 82 valence electrons. The van der Waals surface area contributed by atoms with Gasteiger partial charge in [0.15, 0.2) is 11.6 Å². The number of hydrogen-bond acceptors (Lipinski definition) is 3. The minimum atomic E-state index is -0.643. The van der Waals surface area contributed by atoms with Gasteiger partial charge in [-0.3, -0.25) is 0 Å². The number of nitrogens with zero attached hydrogens (tertiary/aromatic N) is 2. The van der Waals surface area contributed by atoms with E-state index in [0.29, 0.717) is 3.57 Å². The topological polar surface area (TPSA) is 35.0 Å². The second-order valence-electron chi connectivity index (χ2n) is 2.85. The van der Waals surface area contributed by atoms with Gasteiger partial charge in [-0.15, -0.1) is 0 Å². The number of aromatic nitrogens is 2. The summed E-state index contributed by atoms with van der Waals surface area (Å²) in [6, 6.07) is 2.99. The summed E-state index contributed by atoms with van der Waals surface area (Å²) in [5.74, 6) is -1.21. The summed E-state index contributed by atoms with van der Waals surface area (Å²) < 4.78 is 31.9. The minimum absolute atomic E-state index is 0.195. The molecule has 0 radical (unpaired) electrons. The zero-order chi connectivity index (χ0) is 11.5.